The Morgan fingerprint density at radius 3 is 2.62 bits per heavy atom. The molecule has 0 saturated heterocycles. The van der Waals surface area contributed by atoms with Crippen LogP contribution in [0.15, 0.2) is 24.3 Å². The van der Waals surface area contributed by atoms with Crippen LogP contribution < -0.4 is 5.32 Å². The van der Waals surface area contributed by atoms with Crippen molar-refractivity contribution < 1.29 is 18.7 Å². The first-order chi connectivity index (χ1) is 9.92. The van der Waals surface area contributed by atoms with E-state index in [1.54, 1.807) is 13.0 Å². The summed E-state index contributed by atoms with van der Waals surface area (Å²) < 4.78 is 17.6. The second-order valence-corrected chi connectivity index (χ2v) is 5.83. The van der Waals surface area contributed by atoms with Crippen molar-refractivity contribution in [3.05, 3.63) is 51.1 Å². The quantitative estimate of drug-likeness (QED) is 0.870. The number of rotatable bonds is 3. The maximum absolute atomic E-state index is 13.0. The molecule has 1 amide bonds. The van der Waals surface area contributed by atoms with Crippen LogP contribution in [0.25, 0.3) is 0 Å². The summed E-state index contributed by atoms with van der Waals surface area (Å²) in [6.07, 6.45) is 0. The normalized spacial score (nSPS) is 10.3. The highest BCUT2D eigenvalue weighted by atomic mass is 35.5. The molecule has 1 aromatic carbocycles. The molecule has 0 fully saturated rings. The molecule has 110 valence electrons. The number of aryl methyl sites for hydroxylation is 1. The Hall–Kier alpha value is -1.92. The van der Waals surface area contributed by atoms with Crippen molar-refractivity contribution >= 4 is 39.8 Å². The van der Waals surface area contributed by atoms with Gasteiger partial charge in [-0.2, -0.15) is 0 Å². The summed E-state index contributed by atoms with van der Waals surface area (Å²) in [7, 11) is 1.26. The van der Waals surface area contributed by atoms with Crippen LogP contribution in [-0.4, -0.2) is 19.0 Å². The third kappa shape index (κ3) is 3.40. The molecule has 0 aliphatic rings. The Balaban J connectivity index is 2.29. The smallest absolute Gasteiger partial charge is 0.340 e. The number of methoxy groups -OCH3 is 1. The van der Waals surface area contributed by atoms with Gasteiger partial charge in [0.25, 0.3) is 5.91 Å². The average Bonchev–Trinajstić information content (AvgIpc) is 2.78. The van der Waals surface area contributed by atoms with E-state index < -0.39 is 17.7 Å². The molecule has 0 bridgehead atoms. The molecule has 7 heteroatoms. The van der Waals surface area contributed by atoms with Crippen molar-refractivity contribution in [2.45, 2.75) is 6.92 Å². The van der Waals surface area contributed by atoms with Crippen LogP contribution in [0.2, 0.25) is 5.02 Å². The van der Waals surface area contributed by atoms with Crippen molar-refractivity contribution in [3.63, 3.8) is 0 Å². The van der Waals surface area contributed by atoms with Crippen LogP contribution in [0.3, 0.4) is 0 Å². The second kappa shape index (κ2) is 6.24. The van der Waals surface area contributed by atoms with E-state index in [2.05, 4.69) is 10.1 Å². The van der Waals surface area contributed by atoms with Gasteiger partial charge in [0.2, 0.25) is 0 Å². The van der Waals surface area contributed by atoms with E-state index in [-0.39, 0.29) is 16.1 Å². The monoisotopic (exact) mass is 327 g/mol. The first-order valence-corrected chi connectivity index (χ1v) is 7.07. The summed E-state index contributed by atoms with van der Waals surface area (Å²) in [5.74, 6) is -1.59. The number of anilines is 1. The minimum Gasteiger partial charge on any atom is -0.465 e. The number of halogens is 2. The lowest BCUT2D eigenvalue weighted by Gasteiger charge is -2.06. The number of thiophene rings is 1. The third-order valence-electron chi connectivity index (χ3n) is 2.66. The molecule has 4 nitrogen and oxygen atoms in total. The van der Waals surface area contributed by atoms with Crippen molar-refractivity contribution in [2.75, 3.05) is 12.4 Å². The molecule has 0 saturated carbocycles. The van der Waals surface area contributed by atoms with Crippen LogP contribution in [0.4, 0.5) is 9.39 Å². The van der Waals surface area contributed by atoms with Gasteiger partial charge in [0.15, 0.2) is 0 Å². The van der Waals surface area contributed by atoms with Crippen molar-refractivity contribution in [3.8, 4) is 0 Å². The summed E-state index contributed by atoms with van der Waals surface area (Å²) in [5, 5.41) is 2.96. The fraction of sp³-hybridized carbons (Fsp3) is 0.143. The predicted molar refractivity (Wildman–Crippen MR) is 79.8 cm³/mol. The van der Waals surface area contributed by atoms with E-state index in [4.69, 9.17) is 11.6 Å². The number of benzene rings is 1. The third-order valence-corrected chi connectivity index (χ3v) is 3.94. The van der Waals surface area contributed by atoms with Gasteiger partial charge in [-0.1, -0.05) is 11.6 Å². The van der Waals surface area contributed by atoms with Gasteiger partial charge in [-0.25, -0.2) is 9.18 Å². The van der Waals surface area contributed by atoms with Crippen molar-refractivity contribution in [2.24, 2.45) is 0 Å². The number of esters is 1. The van der Waals surface area contributed by atoms with Crippen molar-refractivity contribution in [1.82, 2.24) is 0 Å². The Labute approximate surface area is 129 Å². The molecule has 1 N–H and O–H groups in total. The molecule has 0 spiro atoms. The molecule has 0 aliphatic carbocycles. The molecular weight excluding hydrogens is 317 g/mol. The van der Waals surface area contributed by atoms with Gasteiger partial charge in [-0.15, -0.1) is 11.3 Å². The SMILES string of the molecule is COC(=O)c1cc(C)sc1NC(=O)c1ccc(F)cc1Cl. The van der Waals surface area contributed by atoms with Crippen molar-refractivity contribution in [1.29, 1.82) is 0 Å². The standard InChI is InChI=1S/C14H11ClFNO3S/c1-7-5-10(14(19)20-2)13(21-7)17-12(18)9-4-3-8(16)6-11(9)15/h3-6H,1-2H3,(H,17,18). The zero-order valence-corrected chi connectivity index (χ0v) is 12.8. The Morgan fingerprint density at radius 2 is 2.00 bits per heavy atom. The molecule has 0 unspecified atom stereocenters. The highest BCUT2D eigenvalue weighted by Gasteiger charge is 2.19. The van der Waals surface area contributed by atoms with Crippen LogP contribution >= 0.6 is 22.9 Å². The molecule has 0 aliphatic heterocycles. The maximum Gasteiger partial charge on any atom is 0.340 e. The summed E-state index contributed by atoms with van der Waals surface area (Å²) >= 11 is 7.08. The first-order valence-electron chi connectivity index (χ1n) is 5.87. The van der Waals surface area contributed by atoms with Gasteiger partial charge < -0.3 is 10.1 Å². The molecule has 21 heavy (non-hydrogen) atoms. The number of carbonyl (C=O) groups excluding carboxylic acids is 2. The van der Waals surface area contributed by atoms with E-state index in [0.29, 0.717) is 5.00 Å². The summed E-state index contributed by atoms with van der Waals surface area (Å²) in [5.41, 5.74) is 0.395. The van der Waals surface area contributed by atoms with Crippen LogP contribution in [0, 0.1) is 12.7 Å². The number of nitrogens with one attached hydrogen (secondary N) is 1. The van der Waals surface area contributed by atoms with E-state index in [1.165, 1.54) is 24.5 Å². The first kappa shape index (κ1) is 15.5. The molecule has 1 heterocycles. The van der Waals surface area contributed by atoms with Gasteiger partial charge in [-0.05, 0) is 31.2 Å². The number of hydrogen-bond acceptors (Lipinski definition) is 4. The summed E-state index contributed by atoms with van der Waals surface area (Å²) in [6, 6.07) is 5.10. The van der Waals surface area contributed by atoms with E-state index >= 15 is 0 Å². The lowest BCUT2D eigenvalue weighted by Crippen LogP contribution is -2.14. The number of amides is 1. The fourth-order valence-electron chi connectivity index (χ4n) is 1.71. The van der Waals surface area contributed by atoms with Gasteiger partial charge in [0.05, 0.1) is 23.3 Å². The largest absolute Gasteiger partial charge is 0.465 e. The Morgan fingerprint density at radius 1 is 1.29 bits per heavy atom. The van der Waals surface area contributed by atoms with Gasteiger partial charge in [-0.3, -0.25) is 4.79 Å². The number of hydrogen-bond donors (Lipinski definition) is 1. The lowest BCUT2D eigenvalue weighted by atomic mass is 10.2. The van der Waals surface area contributed by atoms with Gasteiger partial charge in [0.1, 0.15) is 10.8 Å². The van der Waals surface area contributed by atoms with E-state index in [1.807, 2.05) is 0 Å². The molecule has 0 radical (unpaired) electrons. The zero-order chi connectivity index (χ0) is 15.6. The lowest BCUT2D eigenvalue weighted by molar-refractivity contribution is 0.0602. The Bertz CT molecular complexity index is 714. The van der Waals surface area contributed by atoms with Crippen LogP contribution in [0.5, 0.6) is 0 Å². The average molecular weight is 328 g/mol. The maximum atomic E-state index is 13.0. The zero-order valence-electron chi connectivity index (χ0n) is 11.2. The second-order valence-electron chi connectivity index (χ2n) is 4.17. The molecule has 0 atom stereocenters. The molecule has 2 rings (SSSR count). The molecule has 1 aromatic heterocycles. The predicted octanol–water partition coefficient (Wildman–Crippen LogP) is 3.89. The van der Waals surface area contributed by atoms with Gasteiger partial charge in [0, 0.05) is 4.88 Å². The van der Waals surface area contributed by atoms with Crippen LogP contribution in [0.1, 0.15) is 25.6 Å². The fourth-order valence-corrected chi connectivity index (χ4v) is 2.86. The highest BCUT2D eigenvalue weighted by molar-refractivity contribution is 7.16. The van der Waals surface area contributed by atoms with E-state index in [0.717, 1.165) is 17.0 Å². The topological polar surface area (TPSA) is 55.4 Å². The minimum atomic E-state index is -0.542. The van der Waals surface area contributed by atoms with Crippen LogP contribution in [-0.2, 0) is 4.74 Å². The molecule has 2 aromatic rings. The summed E-state index contributed by atoms with van der Waals surface area (Å²) in [4.78, 5) is 24.6. The Kier molecular flexibility index (Phi) is 4.59. The molecular formula is C14H11ClFNO3S. The number of ether oxygens (including phenoxy) is 1. The van der Waals surface area contributed by atoms with E-state index in [9.17, 15) is 14.0 Å². The minimum absolute atomic E-state index is 0.000367. The number of carbonyl (C=O) groups is 2. The van der Waals surface area contributed by atoms with Gasteiger partial charge >= 0.3 is 5.97 Å². The highest BCUT2D eigenvalue weighted by Crippen LogP contribution is 2.29. The summed E-state index contributed by atoms with van der Waals surface area (Å²) in [6.45, 7) is 1.80.